The predicted molar refractivity (Wildman–Crippen MR) is 132 cm³/mol. The quantitative estimate of drug-likeness (QED) is 0.376. The van der Waals surface area contributed by atoms with Crippen LogP contribution in [0.3, 0.4) is 0 Å². The molecule has 4 aromatic rings. The van der Waals surface area contributed by atoms with E-state index in [0.29, 0.717) is 11.7 Å². The maximum absolute atomic E-state index is 13.4. The number of nitrogens with zero attached hydrogens (tertiary/aromatic N) is 4. The molecule has 2 aromatic heterocycles. The van der Waals surface area contributed by atoms with Crippen LogP contribution in [0.25, 0.3) is 10.2 Å². The van der Waals surface area contributed by atoms with Crippen molar-refractivity contribution >= 4 is 42.4 Å². The first kappa shape index (κ1) is 23.1. The van der Waals surface area contributed by atoms with E-state index in [9.17, 15) is 13.2 Å². The Hall–Kier alpha value is -3.04. The summed E-state index contributed by atoms with van der Waals surface area (Å²) in [6.07, 6.45) is 7.50. The van der Waals surface area contributed by atoms with Crippen LogP contribution >= 0.6 is 11.3 Å². The standard InChI is InChI=1S/C24H26N4O3S2/c1-17-13-18(2)23-21(14-17)32-24(26-23)28(11-4-10-27-12-9-25-16-27)22(29)15-19-5-7-20(8-6-19)33(3,30)31/h5-9,12-14,16H,4,10-11,15H2,1-3H3. The molecule has 0 atom stereocenters. The minimum atomic E-state index is -3.27. The average molecular weight is 483 g/mol. The summed E-state index contributed by atoms with van der Waals surface area (Å²) in [5.74, 6) is -0.0684. The van der Waals surface area contributed by atoms with Gasteiger partial charge in [0, 0.05) is 31.7 Å². The number of aryl methyl sites for hydroxylation is 3. The molecule has 0 saturated heterocycles. The zero-order valence-electron chi connectivity index (χ0n) is 18.9. The molecular formula is C24H26N4O3S2. The largest absolute Gasteiger partial charge is 0.337 e. The van der Waals surface area contributed by atoms with E-state index in [-0.39, 0.29) is 17.2 Å². The third-order valence-corrected chi connectivity index (χ3v) is 7.57. The normalized spacial score (nSPS) is 11.7. The van der Waals surface area contributed by atoms with Gasteiger partial charge in [0.2, 0.25) is 5.91 Å². The van der Waals surface area contributed by atoms with Crippen molar-refractivity contribution < 1.29 is 13.2 Å². The first-order valence-corrected chi connectivity index (χ1v) is 13.3. The Bertz CT molecular complexity index is 1380. The minimum Gasteiger partial charge on any atom is -0.337 e. The van der Waals surface area contributed by atoms with Gasteiger partial charge >= 0.3 is 0 Å². The molecular weight excluding hydrogens is 456 g/mol. The summed E-state index contributed by atoms with van der Waals surface area (Å²) in [4.78, 5) is 24.2. The number of benzene rings is 2. The highest BCUT2D eigenvalue weighted by Crippen LogP contribution is 2.32. The molecule has 7 nitrogen and oxygen atoms in total. The van der Waals surface area contributed by atoms with Gasteiger partial charge in [-0.05, 0) is 55.2 Å². The highest BCUT2D eigenvalue weighted by molar-refractivity contribution is 7.90. The molecule has 2 aromatic carbocycles. The van der Waals surface area contributed by atoms with Gasteiger partial charge in [-0.15, -0.1) is 0 Å². The van der Waals surface area contributed by atoms with E-state index in [4.69, 9.17) is 4.98 Å². The number of fused-ring (bicyclic) bond motifs is 1. The molecule has 0 N–H and O–H groups in total. The number of amides is 1. The lowest BCUT2D eigenvalue weighted by Gasteiger charge is -2.20. The number of anilines is 1. The first-order valence-electron chi connectivity index (χ1n) is 10.6. The van der Waals surface area contributed by atoms with E-state index in [2.05, 4.69) is 24.0 Å². The number of carbonyl (C=O) groups is 1. The third kappa shape index (κ3) is 5.48. The lowest BCUT2D eigenvalue weighted by Crippen LogP contribution is -2.33. The van der Waals surface area contributed by atoms with Crippen molar-refractivity contribution in [2.45, 2.75) is 38.1 Å². The van der Waals surface area contributed by atoms with Crippen molar-refractivity contribution in [3.05, 3.63) is 71.8 Å². The summed E-state index contributed by atoms with van der Waals surface area (Å²) in [6.45, 7) is 5.36. The molecule has 4 rings (SSSR count). The maximum Gasteiger partial charge on any atom is 0.233 e. The summed E-state index contributed by atoms with van der Waals surface area (Å²) in [5, 5.41) is 0.682. The van der Waals surface area contributed by atoms with Crippen LogP contribution < -0.4 is 4.90 Å². The number of carbonyl (C=O) groups excluding carboxylic acids is 1. The number of thiazole rings is 1. The van der Waals surface area contributed by atoms with E-state index in [0.717, 1.165) is 34.3 Å². The van der Waals surface area contributed by atoms with E-state index in [1.807, 2.05) is 17.7 Å². The fourth-order valence-electron chi connectivity index (χ4n) is 3.76. The van der Waals surface area contributed by atoms with Gasteiger partial charge in [-0.3, -0.25) is 9.69 Å². The molecule has 0 radical (unpaired) electrons. The Balaban J connectivity index is 1.59. The van der Waals surface area contributed by atoms with Crippen molar-refractivity contribution in [3.63, 3.8) is 0 Å². The van der Waals surface area contributed by atoms with Gasteiger partial charge in [-0.25, -0.2) is 18.4 Å². The van der Waals surface area contributed by atoms with E-state index >= 15 is 0 Å². The van der Waals surface area contributed by atoms with Crippen LogP contribution in [0.15, 0.2) is 60.0 Å². The van der Waals surface area contributed by atoms with Gasteiger partial charge in [0.05, 0.1) is 27.9 Å². The molecule has 0 unspecified atom stereocenters. The topological polar surface area (TPSA) is 85.2 Å². The second-order valence-electron chi connectivity index (χ2n) is 8.22. The van der Waals surface area contributed by atoms with Crippen molar-refractivity contribution in [1.82, 2.24) is 14.5 Å². The number of hydrogen-bond donors (Lipinski definition) is 0. The van der Waals surface area contributed by atoms with Crippen molar-refractivity contribution in [2.75, 3.05) is 17.7 Å². The highest BCUT2D eigenvalue weighted by Gasteiger charge is 2.21. The Labute approximate surface area is 197 Å². The lowest BCUT2D eigenvalue weighted by molar-refractivity contribution is -0.118. The third-order valence-electron chi connectivity index (χ3n) is 5.41. The number of rotatable bonds is 8. The van der Waals surface area contributed by atoms with Gasteiger partial charge in [0.1, 0.15) is 0 Å². The Kier molecular flexibility index (Phi) is 6.62. The second-order valence-corrected chi connectivity index (χ2v) is 11.2. The smallest absolute Gasteiger partial charge is 0.233 e. The Morgan fingerprint density at radius 2 is 1.91 bits per heavy atom. The van der Waals surface area contributed by atoms with Crippen LogP contribution in [-0.2, 0) is 27.6 Å². The van der Waals surface area contributed by atoms with Gasteiger partial charge in [0.15, 0.2) is 15.0 Å². The summed E-state index contributed by atoms with van der Waals surface area (Å²) < 4.78 is 26.5. The zero-order valence-corrected chi connectivity index (χ0v) is 20.5. The van der Waals surface area contributed by atoms with E-state index in [1.54, 1.807) is 41.7 Å². The summed E-state index contributed by atoms with van der Waals surface area (Å²) in [6, 6.07) is 10.7. The molecule has 0 bridgehead atoms. The van der Waals surface area contributed by atoms with Crippen LogP contribution in [0.2, 0.25) is 0 Å². The second kappa shape index (κ2) is 9.44. The molecule has 0 aliphatic carbocycles. The Morgan fingerprint density at radius 1 is 1.15 bits per heavy atom. The first-order chi connectivity index (χ1) is 15.7. The molecule has 0 fully saturated rings. The van der Waals surface area contributed by atoms with E-state index < -0.39 is 9.84 Å². The maximum atomic E-state index is 13.4. The van der Waals surface area contributed by atoms with Crippen LogP contribution in [0.5, 0.6) is 0 Å². The monoisotopic (exact) mass is 482 g/mol. The molecule has 9 heteroatoms. The SMILES string of the molecule is Cc1cc(C)c2nc(N(CCCn3ccnc3)C(=O)Cc3ccc(S(C)(=O)=O)cc3)sc2c1. The van der Waals surface area contributed by atoms with Crippen molar-refractivity contribution in [3.8, 4) is 0 Å². The molecule has 0 aliphatic rings. The number of aromatic nitrogens is 3. The number of sulfone groups is 1. The lowest BCUT2D eigenvalue weighted by atomic mass is 10.1. The molecule has 0 saturated carbocycles. The highest BCUT2D eigenvalue weighted by atomic mass is 32.2. The van der Waals surface area contributed by atoms with Crippen molar-refractivity contribution in [1.29, 1.82) is 0 Å². The van der Waals surface area contributed by atoms with Crippen LogP contribution in [0, 0.1) is 13.8 Å². The van der Waals surface area contributed by atoms with Gasteiger partial charge in [0.25, 0.3) is 0 Å². The summed E-state index contributed by atoms with van der Waals surface area (Å²) >= 11 is 1.52. The summed E-state index contributed by atoms with van der Waals surface area (Å²) in [7, 11) is -3.27. The molecule has 1 amide bonds. The van der Waals surface area contributed by atoms with Gasteiger partial charge in [-0.1, -0.05) is 29.5 Å². The fraction of sp³-hybridized carbons (Fsp3) is 0.292. The fourth-order valence-corrected chi connectivity index (χ4v) is 5.57. The molecule has 33 heavy (non-hydrogen) atoms. The molecule has 2 heterocycles. The average Bonchev–Trinajstić information content (AvgIpc) is 3.40. The predicted octanol–water partition coefficient (Wildman–Crippen LogP) is 4.18. The number of hydrogen-bond acceptors (Lipinski definition) is 6. The van der Waals surface area contributed by atoms with Crippen LogP contribution in [0.4, 0.5) is 5.13 Å². The van der Waals surface area contributed by atoms with Gasteiger partial charge < -0.3 is 4.57 Å². The zero-order chi connectivity index (χ0) is 23.6. The molecule has 172 valence electrons. The Morgan fingerprint density at radius 3 is 2.58 bits per heavy atom. The molecule has 0 spiro atoms. The van der Waals surface area contributed by atoms with E-state index in [1.165, 1.54) is 23.2 Å². The van der Waals surface area contributed by atoms with Crippen molar-refractivity contribution in [2.24, 2.45) is 0 Å². The van der Waals surface area contributed by atoms with Gasteiger partial charge in [-0.2, -0.15) is 0 Å². The van der Waals surface area contributed by atoms with Crippen LogP contribution in [-0.4, -0.2) is 41.7 Å². The molecule has 0 aliphatic heterocycles. The van der Waals surface area contributed by atoms with Crippen LogP contribution in [0.1, 0.15) is 23.1 Å². The number of imidazole rings is 1. The summed E-state index contributed by atoms with van der Waals surface area (Å²) in [5.41, 5.74) is 3.94. The minimum absolute atomic E-state index is 0.0684.